The van der Waals surface area contributed by atoms with Gasteiger partial charge in [0, 0.05) is 19.8 Å². The smallest absolute Gasteiger partial charge is 0.00956 e. The van der Waals surface area contributed by atoms with Gasteiger partial charge in [-0.05, 0) is 13.0 Å². The molecule has 8 heavy (non-hydrogen) atoms. The lowest BCUT2D eigenvalue weighted by Gasteiger charge is -2.10. The molecule has 1 nitrogen and oxygen atoms in total. The van der Waals surface area contributed by atoms with E-state index in [0.717, 1.165) is 0 Å². The van der Waals surface area contributed by atoms with Gasteiger partial charge in [-0.15, -0.1) is 0 Å². The minimum atomic E-state index is 1.22. The fraction of sp³-hybridized carbons (Fsp3) is 0.429. The minimum absolute atomic E-state index is 1.22. The summed E-state index contributed by atoms with van der Waals surface area (Å²) in [5.74, 6) is 0. The van der Waals surface area contributed by atoms with Crippen molar-refractivity contribution >= 4 is 0 Å². The van der Waals surface area contributed by atoms with Gasteiger partial charge >= 0.3 is 0 Å². The van der Waals surface area contributed by atoms with Crippen molar-refractivity contribution in [2.75, 3.05) is 14.1 Å². The predicted octanol–water partition coefficient (Wildman–Crippen LogP) is 1.64. The Bertz CT molecular complexity index is 101. The molecular formula is C7H13N. The van der Waals surface area contributed by atoms with Crippen molar-refractivity contribution in [1.82, 2.24) is 4.90 Å². The van der Waals surface area contributed by atoms with E-state index >= 15 is 0 Å². The first kappa shape index (κ1) is 7.28. The number of hydrogen-bond donors (Lipinski definition) is 0. The van der Waals surface area contributed by atoms with Crippen LogP contribution in [0.1, 0.15) is 6.92 Å². The third kappa shape index (κ3) is 2.45. The summed E-state index contributed by atoms with van der Waals surface area (Å²) in [5.41, 5.74) is 1.22. The quantitative estimate of drug-likeness (QED) is 0.490. The van der Waals surface area contributed by atoms with Crippen LogP contribution in [0, 0.1) is 0 Å². The summed E-state index contributed by atoms with van der Waals surface area (Å²) in [7, 11) is 4.02. The Morgan fingerprint density at radius 2 is 2.00 bits per heavy atom. The van der Waals surface area contributed by atoms with Crippen LogP contribution in [0.15, 0.2) is 24.4 Å². The molecular weight excluding hydrogens is 98.1 g/mol. The van der Waals surface area contributed by atoms with Crippen LogP contribution in [0.5, 0.6) is 0 Å². The monoisotopic (exact) mass is 111 g/mol. The zero-order chi connectivity index (χ0) is 6.57. The highest BCUT2D eigenvalue weighted by Gasteiger charge is 1.84. The third-order valence-electron chi connectivity index (χ3n) is 1.06. The summed E-state index contributed by atoms with van der Waals surface area (Å²) in [5, 5.41) is 0. The lowest BCUT2D eigenvalue weighted by Crippen LogP contribution is -2.07. The molecule has 0 aliphatic heterocycles. The highest BCUT2D eigenvalue weighted by Crippen LogP contribution is 1.93. The lowest BCUT2D eigenvalue weighted by atomic mass is 10.4. The highest BCUT2D eigenvalue weighted by atomic mass is 15.1. The maximum absolute atomic E-state index is 3.58. The zero-order valence-electron chi connectivity index (χ0n) is 5.81. The summed E-state index contributed by atoms with van der Waals surface area (Å²) >= 11 is 0. The normalized spacial score (nSPS) is 11.1. The van der Waals surface area contributed by atoms with Crippen molar-refractivity contribution < 1.29 is 0 Å². The maximum Gasteiger partial charge on any atom is 0.00956 e. The average molecular weight is 111 g/mol. The van der Waals surface area contributed by atoms with Crippen LogP contribution < -0.4 is 0 Å². The van der Waals surface area contributed by atoms with Gasteiger partial charge in [-0.25, -0.2) is 0 Å². The fourth-order valence-electron chi connectivity index (χ4n) is 0.320. The molecule has 0 aliphatic rings. The molecule has 0 rings (SSSR count). The van der Waals surface area contributed by atoms with Gasteiger partial charge in [-0.2, -0.15) is 0 Å². The molecule has 0 saturated heterocycles. The summed E-state index contributed by atoms with van der Waals surface area (Å²) in [6.07, 6.45) is 3.76. The van der Waals surface area contributed by atoms with Crippen molar-refractivity contribution in [2.45, 2.75) is 6.92 Å². The van der Waals surface area contributed by atoms with E-state index in [1.54, 1.807) is 6.08 Å². The minimum Gasteiger partial charge on any atom is -0.381 e. The van der Waals surface area contributed by atoms with Gasteiger partial charge in [-0.1, -0.05) is 12.7 Å². The van der Waals surface area contributed by atoms with E-state index in [-0.39, 0.29) is 0 Å². The van der Waals surface area contributed by atoms with Gasteiger partial charge in [-0.3, -0.25) is 0 Å². The first-order valence-corrected chi connectivity index (χ1v) is 2.65. The Balaban J connectivity index is 3.78. The predicted molar refractivity (Wildman–Crippen MR) is 37.6 cm³/mol. The first-order chi connectivity index (χ1) is 3.68. The molecule has 0 saturated carbocycles. The molecule has 1 heteroatoms. The summed E-state index contributed by atoms with van der Waals surface area (Å²) in [6.45, 7) is 5.62. The second-order valence-electron chi connectivity index (χ2n) is 1.94. The van der Waals surface area contributed by atoms with Gasteiger partial charge in [0.15, 0.2) is 0 Å². The number of nitrogens with zero attached hydrogens (tertiary/aromatic N) is 1. The number of allylic oxidation sites excluding steroid dienone is 3. The van der Waals surface area contributed by atoms with E-state index in [0.29, 0.717) is 0 Å². The topological polar surface area (TPSA) is 3.24 Å². The van der Waals surface area contributed by atoms with E-state index in [2.05, 4.69) is 6.58 Å². The van der Waals surface area contributed by atoms with E-state index in [1.807, 2.05) is 32.0 Å². The van der Waals surface area contributed by atoms with Crippen LogP contribution >= 0.6 is 0 Å². The van der Waals surface area contributed by atoms with E-state index in [4.69, 9.17) is 0 Å². The zero-order valence-corrected chi connectivity index (χ0v) is 5.81. The average Bonchev–Trinajstić information content (AvgIpc) is 1.67. The summed E-state index contributed by atoms with van der Waals surface area (Å²) in [6, 6.07) is 0. The Labute approximate surface area is 51.3 Å². The number of hydrogen-bond acceptors (Lipinski definition) is 1. The standard InChI is InChI=1S/C7H13N/c1-5-6-7(2)8(3)4/h5-6H,1H2,2-4H3/b7-6-. The van der Waals surface area contributed by atoms with Crippen LogP contribution in [0.2, 0.25) is 0 Å². The maximum atomic E-state index is 3.58. The van der Waals surface area contributed by atoms with Gasteiger partial charge in [0.25, 0.3) is 0 Å². The molecule has 0 fully saturated rings. The Morgan fingerprint density at radius 1 is 1.50 bits per heavy atom. The van der Waals surface area contributed by atoms with Crippen LogP contribution in [0.3, 0.4) is 0 Å². The molecule has 0 aliphatic carbocycles. The van der Waals surface area contributed by atoms with Gasteiger partial charge < -0.3 is 4.90 Å². The Hall–Kier alpha value is -0.720. The molecule has 0 aromatic rings. The number of rotatable bonds is 2. The van der Waals surface area contributed by atoms with Gasteiger partial charge in [0.05, 0.1) is 0 Å². The molecule has 0 heterocycles. The summed E-state index contributed by atoms with van der Waals surface area (Å²) < 4.78 is 0. The van der Waals surface area contributed by atoms with E-state index in [9.17, 15) is 0 Å². The second-order valence-corrected chi connectivity index (χ2v) is 1.94. The fourth-order valence-corrected chi connectivity index (χ4v) is 0.320. The lowest BCUT2D eigenvalue weighted by molar-refractivity contribution is 0.514. The second kappa shape index (κ2) is 3.30. The molecule has 0 aromatic carbocycles. The van der Waals surface area contributed by atoms with Crippen LogP contribution in [-0.4, -0.2) is 19.0 Å². The molecule has 0 amide bonds. The van der Waals surface area contributed by atoms with Crippen molar-refractivity contribution in [3.05, 3.63) is 24.4 Å². The Kier molecular flexibility index (Phi) is 3.01. The molecule has 0 N–H and O–H groups in total. The van der Waals surface area contributed by atoms with Crippen molar-refractivity contribution in [2.24, 2.45) is 0 Å². The van der Waals surface area contributed by atoms with Gasteiger partial charge in [0.2, 0.25) is 0 Å². The third-order valence-corrected chi connectivity index (χ3v) is 1.06. The molecule has 46 valence electrons. The summed E-state index contributed by atoms with van der Waals surface area (Å²) in [4.78, 5) is 2.04. The van der Waals surface area contributed by atoms with E-state index in [1.165, 1.54) is 5.70 Å². The molecule has 0 radical (unpaired) electrons. The van der Waals surface area contributed by atoms with Crippen molar-refractivity contribution in [3.63, 3.8) is 0 Å². The van der Waals surface area contributed by atoms with Crippen LogP contribution in [0.25, 0.3) is 0 Å². The van der Waals surface area contributed by atoms with Crippen LogP contribution in [-0.2, 0) is 0 Å². The van der Waals surface area contributed by atoms with Crippen LogP contribution in [0.4, 0.5) is 0 Å². The SMILES string of the molecule is C=C/C=C(/C)N(C)C. The first-order valence-electron chi connectivity index (χ1n) is 2.65. The van der Waals surface area contributed by atoms with Crippen molar-refractivity contribution in [1.29, 1.82) is 0 Å². The Morgan fingerprint density at radius 3 is 2.12 bits per heavy atom. The molecule has 0 bridgehead atoms. The highest BCUT2D eigenvalue weighted by molar-refractivity contribution is 5.05. The molecule has 0 unspecified atom stereocenters. The van der Waals surface area contributed by atoms with E-state index < -0.39 is 0 Å². The largest absolute Gasteiger partial charge is 0.381 e. The van der Waals surface area contributed by atoms with Crippen molar-refractivity contribution in [3.8, 4) is 0 Å². The molecule has 0 aromatic heterocycles. The molecule has 0 atom stereocenters. The van der Waals surface area contributed by atoms with Gasteiger partial charge in [0.1, 0.15) is 0 Å². The molecule has 0 spiro atoms.